The van der Waals surface area contributed by atoms with Gasteiger partial charge < -0.3 is 20.5 Å². The van der Waals surface area contributed by atoms with Gasteiger partial charge >= 0.3 is 0 Å². The predicted molar refractivity (Wildman–Crippen MR) is 129 cm³/mol. The zero-order valence-corrected chi connectivity index (χ0v) is 19.5. The molecule has 6 nitrogen and oxygen atoms in total. The molecule has 0 unspecified atom stereocenters. The van der Waals surface area contributed by atoms with Crippen LogP contribution in [0.4, 0.5) is 5.69 Å². The van der Waals surface area contributed by atoms with Gasteiger partial charge in [-0.2, -0.15) is 0 Å². The molecule has 0 aromatic heterocycles. The third-order valence-electron chi connectivity index (χ3n) is 4.74. The highest BCUT2D eigenvalue weighted by Gasteiger charge is 2.11. The molecule has 0 radical (unpaired) electrons. The third-order valence-corrected chi connectivity index (χ3v) is 4.74. The molecule has 3 N–H and O–H groups in total. The summed E-state index contributed by atoms with van der Waals surface area (Å²) in [7, 11) is 0. The van der Waals surface area contributed by atoms with Crippen LogP contribution in [0.5, 0.6) is 11.5 Å². The highest BCUT2D eigenvalue weighted by molar-refractivity contribution is 14.0. The van der Waals surface area contributed by atoms with E-state index in [1.807, 2.05) is 18.2 Å². The number of guanidine groups is 1. The summed E-state index contributed by atoms with van der Waals surface area (Å²) < 4.78 is 11.4. The minimum atomic E-state index is 0. The minimum Gasteiger partial charge on any atom is -0.490 e. The molecule has 3 rings (SSSR count). The number of nitrogens with two attached hydrogens (primary N) is 1. The quantitative estimate of drug-likeness (QED) is 0.332. The lowest BCUT2D eigenvalue weighted by Gasteiger charge is -2.18. The molecule has 158 valence electrons. The second-order valence-electron chi connectivity index (χ2n) is 6.82. The van der Waals surface area contributed by atoms with E-state index in [0.29, 0.717) is 25.7 Å². The maximum absolute atomic E-state index is 6.08. The van der Waals surface area contributed by atoms with Crippen LogP contribution in [-0.4, -0.2) is 37.2 Å². The van der Waals surface area contributed by atoms with Crippen LogP contribution >= 0.6 is 24.0 Å². The van der Waals surface area contributed by atoms with Crippen molar-refractivity contribution in [2.75, 3.05) is 31.6 Å². The Labute approximate surface area is 190 Å². The van der Waals surface area contributed by atoms with Crippen LogP contribution in [0.25, 0.3) is 0 Å². The van der Waals surface area contributed by atoms with Crippen molar-refractivity contribution in [3.63, 3.8) is 0 Å². The highest BCUT2D eigenvalue weighted by Crippen LogP contribution is 2.32. The second-order valence-corrected chi connectivity index (χ2v) is 6.82. The summed E-state index contributed by atoms with van der Waals surface area (Å²) >= 11 is 0. The van der Waals surface area contributed by atoms with E-state index < -0.39 is 0 Å². The Morgan fingerprint density at radius 2 is 1.76 bits per heavy atom. The number of nitrogens with zero attached hydrogens (tertiary/aromatic N) is 2. The average Bonchev–Trinajstić information content (AvgIpc) is 2.96. The molecule has 0 spiro atoms. The van der Waals surface area contributed by atoms with Crippen molar-refractivity contribution in [3.8, 4) is 11.5 Å². The van der Waals surface area contributed by atoms with Gasteiger partial charge in [0.1, 0.15) is 0 Å². The van der Waals surface area contributed by atoms with E-state index in [-0.39, 0.29) is 24.0 Å². The first-order chi connectivity index (χ1) is 13.7. The summed E-state index contributed by atoms with van der Waals surface area (Å²) in [5.74, 6) is 1.88. The van der Waals surface area contributed by atoms with Crippen molar-refractivity contribution in [2.24, 2.45) is 10.7 Å². The van der Waals surface area contributed by atoms with Gasteiger partial charge in [-0.25, -0.2) is 4.99 Å². The Bertz CT molecular complexity index is 809. The van der Waals surface area contributed by atoms with Gasteiger partial charge in [0, 0.05) is 24.7 Å². The fraction of sp³-hybridized carbons (Fsp3) is 0.409. The number of ether oxygens (including phenoxy) is 2. The fourth-order valence-electron chi connectivity index (χ4n) is 3.14. The topological polar surface area (TPSA) is 72.1 Å². The zero-order chi connectivity index (χ0) is 19.8. The maximum Gasteiger partial charge on any atom is 0.193 e. The van der Waals surface area contributed by atoms with Crippen LogP contribution in [0.2, 0.25) is 0 Å². The molecule has 0 aliphatic carbocycles. The Morgan fingerprint density at radius 1 is 1.03 bits per heavy atom. The van der Waals surface area contributed by atoms with Gasteiger partial charge in [0.2, 0.25) is 0 Å². The van der Waals surface area contributed by atoms with Gasteiger partial charge in [-0.3, -0.25) is 4.90 Å². The van der Waals surface area contributed by atoms with Crippen LogP contribution in [0.15, 0.2) is 47.5 Å². The number of aliphatic imine (C=N–C) groups is 1. The molecular weight excluding hydrogens is 479 g/mol. The Morgan fingerprint density at radius 3 is 2.52 bits per heavy atom. The summed E-state index contributed by atoms with van der Waals surface area (Å²) in [6.45, 7) is 9.29. The van der Waals surface area contributed by atoms with Crippen LogP contribution in [0.1, 0.15) is 31.4 Å². The number of benzene rings is 2. The lowest BCUT2D eigenvalue weighted by molar-refractivity contribution is 0.296. The summed E-state index contributed by atoms with van der Waals surface area (Å²) in [5.41, 5.74) is 9.36. The highest BCUT2D eigenvalue weighted by atomic mass is 127. The number of fused-ring (bicyclic) bond motifs is 1. The zero-order valence-electron chi connectivity index (χ0n) is 17.2. The monoisotopic (exact) mass is 510 g/mol. The first kappa shape index (κ1) is 23.3. The van der Waals surface area contributed by atoms with Gasteiger partial charge in [0.05, 0.1) is 19.8 Å². The summed E-state index contributed by atoms with van der Waals surface area (Å²) in [4.78, 5) is 6.87. The molecule has 2 aromatic carbocycles. The van der Waals surface area contributed by atoms with Gasteiger partial charge in [-0.15, -0.1) is 24.0 Å². The lowest BCUT2D eigenvalue weighted by atomic mass is 10.1. The molecule has 0 saturated carbocycles. The first-order valence-electron chi connectivity index (χ1n) is 9.94. The smallest absolute Gasteiger partial charge is 0.193 e. The molecule has 1 heterocycles. The average molecular weight is 510 g/mol. The normalized spacial score (nSPS) is 13.6. The molecule has 2 aromatic rings. The van der Waals surface area contributed by atoms with E-state index in [4.69, 9.17) is 15.2 Å². The van der Waals surface area contributed by atoms with E-state index in [2.05, 4.69) is 53.3 Å². The second kappa shape index (κ2) is 11.9. The minimum absolute atomic E-state index is 0. The van der Waals surface area contributed by atoms with Crippen molar-refractivity contribution in [3.05, 3.63) is 53.6 Å². The van der Waals surface area contributed by atoms with Crippen molar-refractivity contribution >= 4 is 35.6 Å². The van der Waals surface area contributed by atoms with E-state index >= 15 is 0 Å². The fourth-order valence-corrected chi connectivity index (χ4v) is 3.14. The lowest BCUT2D eigenvalue weighted by Crippen LogP contribution is -2.23. The number of halogens is 1. The number of hydrogen-bond donors (Lipinski definition) is 2. The van der Waals surface area contributed by atoms with E-state index in [9.17, 15) is 0 Å². The number of nitrogens with one attached hydrogen (secondary N) is 1. The van der Waals surface area contributed by atoms with Crippen LogP contribution in [0, 0.1) is 0 Å². The van der Waals surface area contributed by atoms with Crippen molar-refractivity contribution in [1.29, 1.82) is 0 Å². The largest absolute Gasteiger partial charge is 0.490 e. The molecule has 1 aliphatic heterocycles. The summed E-state index contributed by atoms with van der Waals surface area (Å²) in [5, 5.41) is 3.13. The van der Waals surface area contributed by atoms with Crippen LogP contribution < -0.4 is 20.5 Å². The molecule has 0 fully saturated rings. The number of hydrogen-bond acceptors (Lipinski definition) is 4. The summed E-state index contributed by atoms with van der Waals surface area (Å²) in [6, 6.07) is 14.2. The van der Waals surface area contributed by atoms with Crippen molar-refractivity contribution in [2.45, 2.75) is 33.4 Å². The third kappa shape index (κ3) is 7.08. The standard InChI is InChI=1S/C22H30N4O2.HI/c1-3-26(4-2)16-18-8-5-7-17(13-18)15-24-22(23)25-19-9-10-20-21(14-19)28-12-6-11-27-20;/h5,7-10,13-14H,3-4,6,11-12,15-16H2,1-2H3,(H3,23,24,25);1H. The molecule has 0 amide bonds. The molecule has 29 heavy (non-hydrogen) atoms. The van der Waals surface area contributed by atoms with Gasteiger partial charge in [-0.1, -0.05) is 38.1 Å². The Balaban J connectivity index is 0.00000300. The summed E-state index contributed by atoms with van der Waals surface area (Å²) in [6.07, 6.45) is 0.883. The van der Waals surface area contributed by atoms with E-state index in [1.165, 1.54) is 5.56 Å². The Hall–Kier alpha value is -2.00. The number of anilines is 1. The van der Waals surface area contributed by atoms with Crippen LogP contribution in [-0.2, 0) is 13.1 Å². The van der Waals surface area contributed by atoms with E-state index in [1.54, 1.807) is 0 Å². The number of rotatable bonds is 7. The van der Waals surface area contributed by atoms with Gasteiger partial charge in [-0.05, 0) is 36.3 Å². The van der Waals surface area contributed by atoms with Crippen molar-refractivity contribution < 1.29 is 9.47 Å². The molecule has 7 heteroatoms. The SMILES string of the molecule is CCN(CC)Cc1cccc(CN=C(N)Nc2ccc3c(c2)OCCCO3)c1.I. The van der Waals surface area contributed by atoms with Gasteiger partial charge in [0.15, 0.2) is 17.5 Å². The van der Waals surface area contributed by atoms with E-state index in [0.717, 1.165) is 48.8 Å². The molecule has 0 saturated heterocycles. The van der Waals surface area contributed by atoms with Gasteiger partial charge in [0.25, 0.3) is 0 Å². The first-order valence-corrected chi connectivity index (χ1v) is 9.94. The van der Waals surface area contributed by atoms with Crippen molar-refractivity contribution in [1.82, 2.24) is 4.90 Å². The molecule has 0 atom stereocenters. The molecular formula is C22H31IN4O2. The predicted octanol–water partition coefficient (Wildman–Crippen LogP) is 4.23. The van der Waals surface area contributed by atoms with Crippen LogP contribution in [0.3, 0.4) is 0 Å². The molecule has 1 aliphatic rings. The maximum atomic E-state index is 6.08. The Kier molecular flexibility index (Phi) is 9.53. The molecule has 0 bridgehead atoms.